The predicted octanol–water partition coefficient (Wildman–Crippen LogP) is 3.28. The molecule has 0 aliphatic heterocycles. The molecular formula is C15H19ClFNO. The van der Waals surface area contributed by atoms with E-state index in [1.54, 1.807) is 12.1 Å². The summed E-state index contributed by atoms with van der Waals surface area (Å²) in [7, 11) is 0. The summed E-state index contributed by atoms with van der Waals surface area (Å²) in [4.78, 5) is 0. The highest BCUT2D eigenvalue weighted by molar-refractivity contribution is 6.31. The number of fused-ring (bicyclic) bond motifs is 2. The van der Waals surface area contributed by atoms with Crippen molar-refractivity contribution < 1.29 is 9.50 Å². The van der Waals surface area contributed by atoms with Crippen molar-refractivity contribution >= 4 is 11.6 Å². The Morgan fingerprint density at radius 2 is 2.26 bits per heavy atom. The van der Waals surface area contributed by atoms with Crippen molar-refractivity contribution in [1.29, 1.82) is 0 Å². The van der Waals surface area contributed by atoms with Crippen molar-refractivity contribution in [2.24, 2.45) is 23.0 Å². The van der Waals surface area contributed by atoms with Gasteiger partial charge in [-0.1, -0.05) is 24.1 Å². The molecule has 4 heteroatoms. The van der Waals surface area contributed by atoms with E-state index in [1.807, 2.05) is 0 Å². The maximum absolute atomic E-state index is 14.0. The first-order chi connectivity index (χ1) is 9.08. The molecule has 2 aliphatic carbocycles. The topological polar surface area (TPSA) is 46.2 Å². The molecule has 0 radical (unpaired) electrons. The van der Waals surface area contributed by atoms with E-state index in [0.29, 0.717) is 23.4 Å². The van der Waals surface area contributed by atoms with E-state index in [1.165, 1.54) is 12.5 Å². The Morgan fingerprint density at radius 1 is 1.47 bits per heavy atom. The van der Waals surface area contributed by atoms with Crippen molar-refractivity contribution in [2.75, 3.05) is 6.54 Å². The fraction of sp³-hybridized carbons (Fsp3) is 0.600. The second-order valence-electron chi connectivity index (χ2n) is 6.06. The molecule has 4 unspecified atom stereocenters. The molecule has 3 rings (SSSR count). The number of aliphatic hydroxyl groups is 1. The maximum Gasteiger partial charge on any atom is 0.130 e. The zero-order chi connectivity index (χ0) is 13.6. The molecule has 19 heavy (non-hydrogen) atoms. The summed E-state index contributed by atoms with van der Waals surface area (Å²) in [6, 6.07) is 4.53. The van der Waals surface area contributed by atoms with Crippen LogP contribution in [0.4, 0.5) is 4.39 Å². The Balaban J connectivity index is 2.01. The zero-order valence-electron chi connectivity index (χ0n) is 10.8. The van der Waals surface area contributed by atoms with Crippen molar-refractivity contribution in [3.63, 3.8) is 0 Å². The molecule has 0 aromatic heterocycles. The minimum Gasteiger partial charge on any atom is -0.388 e. The highest BCUT2D eigenvalue weighted by Gasteiger charge is 2.54. The number of hydrogen-bond acceptors (Lipinski definition) is 2. The van der Waals surface area contributed by atoms with Gasteiger partial charge in [-0.15, -0.1) is 0 Å². The third-order valence-corrected chi connectivity index (χ3v) is 5.55. The van der Waals surface area contributed by atoms with Crippen molar-refractivity contribution in [3.05, 3.63) is 34.6 Å². The van der Waals surface area contributed by atoms with Crippen LogP contribution in [0.5, 0.6) is 0 Å². The summed E-state index contributed by atoms with van der Waals surface area (Å²) in [6.45, 7) is 0.389. The summed E-state index contributed by atoms with van der Waals surface area (Å²) in [5.74, 6) is 0.595. The molecular weight excluding hydrogens is 265 g/mol. The van der Waals surface area contributed by atoms with Crippen LogP contribution in [0.25, 0.3) is 0 Å². The molecule has 2 fully saturated rings. The number of halogens is 2. The summed E-state index contributed by atoms with van der Waals surface area (Å²) in [6.07, 6.45) is 3.40. The second kappa shape index (κ2) is 4.72. The van der Waals surface area contributed by atoms with E-state index < -0.39 is 17.3 Å². The normalized spacial score (nSPS) is 34.7. The minimum absolute atomic E-state index is 0.224. The summed E-state index contributed by atoms with van der Waals surface area (Å²) in [5, 5.41) is 11.0. The van der Waals surface area contributed by atoms with E-state index in [0.717, 1.165) is 19.3 Å². The second-order valence-corrected chi connectivity index (χ2v) is 6.46. The van der Waals surface area contributed by atoms with Crippen LogP contribution < -0.4 is 5.73 Å². The van der Waals surface area contributed by atoms with Gasteiger partial charge in [-0.2, -0.15) is 0 Å². The van der Waals surface area contributed by atoms with Crippen LogP contribution in [0.2, 0.25) is 5.02 Å². The molecule has 104 valence electrons. The Bertz CT molecular complexity index is 475. The minimum atomic E-state index is -0.901. The molecule has 1 aromatic carbocycles. The molecule has 2 bridgehead atoms. The van der Waals surface area contributed by atoms with Gasteiger partial charge >= 0.3 is 0 Å². The van der Waals surface area contributed by atoms with E-state index in [-0.39, 0.29) is 5.56 Å². The van der Waals surface area contributed by atoms with Gasteiger partial charge in [0.2, 0.25) is 0 Å². The van der Waals surface area contributed by atoms with Gasteiger partial charge in [0.25, 0.3) is 0 Å². The van der Waals surface area contributed by atoms with E-state index >= 15 is 0 Å². The lowest BCUT2D eigenvalue weighted by Crippen LogP contribution is -2.41. The van der Waals surface area contributed by atoms with Crippen LogP contribution in [0.1, 0.15) is 37.4 Å². The monoisotopic (exact) mass is 283 g/mol. The fourth-order valence-electron chi connectivity index (χ4n) is 4.24. The largest absolute Gasteiger partial charge is 0.388 e. The van der Waals surface area contributed by atoms with Crippen LogP contribution in [0, 0.1) is 23.1 Å². The standard InChI is InChI=1S/C15H19ClFNO/c16-11-2-1-3-12(17)13(11)14(19)15(8-18)7-9-4-5-10(15)6-9/h1-3,9-10,14,19H,4-8,18H2. The van der Waals surface area contributed by atoms with E-state index in [4.69, 9.17) is 17.3 Å². The van der Waals surface area contributed by atoms with Gasteiger partial charge in [0.15, 0.2) is 0 Å². The highest BCUT2D eigenvalue weighted by Crippen LogP contribution is 2.61. The SMILES string of the molecule is NCC1(C(O)c2c(F)cccc2Cl)CC2CCC1C2. The predicted molar refractivity (Wildman–Crippen MR) is 73.3 cm³/mol. The molecule has 2 aliphatic rings. The first kappa shape index (κ1) is 13.3. The lowest BCUT2D eigenvalue weighted by molar-refractivity contribution is -0.0150. The third kappa shape index (κ3) is 1.91. The Hall–Kier alpha value is -0.640. The summed E-state index contributed by atoms with van der Waals surface area (Å²) in [5.41, 5.74) is 5.80. The number of aliphatic hydroxyl groups excluding tert-OH is 1. The quantitative estimate of drug-likeness (QED) is 0.894. The summed E-state index contributed by atoms with van der Waals surface area (Å²) >= 11 is 6.08. The molecule has 2 saturated carbocycles. The molecule has 3 N–H and O–H groups in total. The van der Waals surface area contributed by atoms with Crippen LogP contribution in [-0.4, -0.2) is 11.7 Å². The van der Waals surface area contributed by atoms with Gasteiger partial charge in [0.1, 0.15) is 5.82 Å². The van der Waals surface area contributed by atoms with Crippen molar-refractivity contribution in [3.8, 4) is 0 Å². The molecule has 2 nitrogen and oxygen atoms in total. The average Bonchev–Trinajstić information content (AvgIpc) is 2.99. The maximum atomic E-state index is 14.0. The Morgan fingerprint density at radius 3 is 2.79 bits per heavy atom. The lowest BCUT2D eigenvalue weighted by atomic mass is 9.67. The summed E-state index contributed by atoms with van der Waals surface area (Å²) < 4.78 is 14.0. The number of hydrogen-bond donors (Lipinski definition) is 2. The molecule has 0 amide bonds. The van der Waals surface area contributed by atoms with Gasteiger partial charge in [0.05, 0.1) is 6.10 Å². The number of benzene rings is 1. The van der Waals surface area contributed by atoms with Crippen LogP contribution in [0.15, 0.2) is 18.2 Å². The Labute approximate surface area is 117 Å². The van der Waals surface area contributed by atoms with Crippen LogP contribution >= 0.6 is 11.6 Å². The van der Waals surface area contributed by atoms with Gasteiger partial charge in [0, 0.05) is 22.5 Å². The van der Waals surface area contributed by atoms with Crippen molar-refractivity contribution in [1.82, 2.24) is 0 Å². The van der Waals surface area contributed by atoms with E-state index in [9.17, 15) is 9.50 Å². The first-order valence-electron chi connectivity index (χ1n) is 6.90. The van der Waals surface area contributed by atoms with Gasteiger partial charge in [-0.3, -0.25) is 0 Å². The Kier molecular flexibility index (Phi) is 3.32. The van der Waals surface area contributed by atoms with Gasteiger partial charge in [-0.25, -0.2) is 4.39 Å². The average molecular weight is 284 g/mol. The number of nitrogens with two attached hydrogens (primary N) is 1. The van der Waals surface area contributed by atoms with Gasteiger partial charge in [-0.05, 0) is 43.2 Å². The lowest BCUT2D eigenvalue weighted by Gasteiger charge is -2.41. The molecule has 0 heterocycles. The molecule has 0 saturated heterocycles. The first-order valence-corrected chi connectivity index (χ1v) is 7.28. The molecule has 1 aromatic rings. The molecule has 4 atom stereocenters. The van der Waals surface area contributed by atoms with E-state index in [2.05, 4.69) is 0 Å². The van der Waals surface area contributed by atoms with Gasteiger partial charge < -0.3 is 10.8 Å². The number of rotatable bonds is 3. The highest BCUT2D eigenvalue weighted by atomic mass is 35.5. The molecule has 0 spiro atoms. The van der Waals surface area contributed by atoms with Crippen LogP contribution in [0.3, 0.4) is 0 Å². The smallest absolute Gasteiger partial charge is 0.130 e. The zero-order valence-corrected chi connectivity index (χ0v) is 11.5. The van der Waals surface area contributed by atoms with Crippen molar-refractivity contribution in [2.45, 2.75) is 31.8 Å². The third-order valence-electron chi connectivity index (χ3n) is 5.22. The fourth-order valence-corrected chi connectivity index (χ4v) is 4.51. The van der Waals surface area contributed by atoms with Crippen LogP contribution in [-0.2, 0) is 0 Å².